The average molecular weight is 410 g/mol. The van der Waals surface area contributed by atoms with Gasteiger partial charge in [0.25, 0.3) is 0 Å². The minimum absolute atomic E-state index is 0.507. The Bertz CT molecular complexity index is 951. The van der Waals surface area contributed by atoms with E-state index in [9.17, 15) is 0 Å². The molecule has 1 heterocycles. The van der Waals surface area contributed by atoms with Gasteiger partial charge in [-0.1, -0.05) is 6.07 Å². The van der Waals surface area contributed by atoms with E-state index in [0.29, 0.717) is 23.8 Å². The summed E-state index contributed by atoms with van der Waals surface area (Å²) in [6.45, 7) is 1.16. The van der Waals surface area contributed by atoms with Crippen molar-refractivity contribution in [3.63, 3.8) is 0 Å². The lowest BCUT2D eigenvalue weighted by molar-refractivity contribution is 0.175. The van der Waals surface area contributed by atoms with E-state index < -0.39 is 0 Å². The van der Waals surface area contributed by atoms with Crippen LogP contribution in [0.3, 0.4) is 0 Å². The van der Waals surface area contributed by atoms with Gasteiger partial charge in [-0.15, -0.1) is 0 Å². The largest absolute Gasteiger partial charge is 0.493 e. The third-order valence-electron chi connectivity index (χ3n) is 7.41. The maximum Gasteiger partial charge on any atom is 0.168 e. The Hall–Kier alpha value is -2.40. The summed E-state index contributed by atoms with van der Waals surface area (Å²) in [4.78, 5) is 0. The number of methoxy groups -OCH3 is 4. The Morgan fingerprint density at radius 3 is 2.33 bits per heavy atom. The first-order valence-corrected chi connectivity index (χ1v) is 10.9. The van der Waals surface area contributed by atoms with Crippen LogP contribution in [0.25, 0.3) is 11.1 Å². The monoisotopic (exact) mass is 409 g/mol. The van der Waals surface area contributed by atoms with Crippen molar-refractivity contribution in [3.8, 4) is 34.1 Å². The number of hydrogen-bond acceptors (Lipinski definition) is 5. The summed E-state index contributed by atoms with van der Waals surface area (Å²) in [6.07, 6.45) is 5.07. The molecule has 4 atom stereocenters. The highest BCUT2D eigenvalue weighted by Gasteiger charge is 2.49. The molecule has 0 radical (unpaired) electrons. The summed E-state index contributed by atoms with van der Waals surface area (Å²) < 4.78 is 22.8. The summed E-state index contributed by atoms with van der Waals surface area (Å²) in [5, 5.41) is 3.69. The Labute approximate surface area is 178 Å². The van der Waals surface area contributed by atoms with Gasteiger partial charge in [-0.25, -0.2) is 0 Å². The van der Waals surface area contributed by atoms with Crippen LogP contribution in [0.15, 0.2) is 24.3 Å². The lowest BCUT2D eigenvalue weighted by Gasteiger charge is -2.50. The molecule has 2 aromatic carbocycles. The maximum atomic E-state index is 5.89. The molecule has 0 amide bonds. The smallest absolute Gasteiger partial charge is 0.168 e. The van der Waals surface area contributed by atoms with E-state index in [-0.39, 0.29) is 0 Å². The molecule has 2 aliphatic carbocycles. The fourth-order valence-corrected chi connectivity index (χ4v) is 6.03. The van der Waals surface area contributed by atoms with Crippen molar-refractivity contribution in [3.05, 3.63) is 35.4 Å². The molecule has 0 spiro atoms. The van der Waals surface area contributed by atoms with E-state index in [1.54, 1.807) is 28.4 Å². The van der Waals surface area contributed by atoms with Crippen LogP contribution in [0.5, 0.6) is 23.0 Å². The Morgan fingerprint density at radius 1 is 0.900 bits per heavy atom. The molecule has 30 heavy (non-hydrogen) atoms. The van der Waals surface area contributed by atoms with Crippen LogP contribution in [0, 0.1) is 5.92 Å². The predicted octanol–water partition coefficient (Wildman–Crippen LogP) is 4.73. The quantitative estimate of drug-likeness (QED) is 0.747. The minimum atomic E-state index is 0.507. The third-order valence-corrected chi connectivity index (χ3v) is 7.41. The minimum Gasteiger partial charge on any atom is -0.493 e. The number of benzene rings is 2. The third kappa shape index (κ3) is 2.86. The fraction of sp³-hybridized carbons (Fsp3) is 0.520. The summed E-state index contributed by atoms with van der Waals surface area (Å²) >= 11 is 0. The van der Waals surface area contributed by atoms with Crippen molar-refractivity contribution in [1.29, 1.82) is 0 Å². The number of hydrogen-bond donors (Lipinski definition) is 1. The zero-order valence-corrected chi connectivity index (χ0v) is 18.3. The Kier molecular flexibility index (Phi) is 5.02. The lowest BCUT2D eigenvalue weighted by atomic mass is 9.54. The molecule has 1 saturated carbocycles. The van der Waals surface area contributed by atoms with Crippen LogP contribution < -0.4 is 24.3 Å². The topological polar surface area (TPSA) is 49.0 Å². The Balaban J connectivity index is 1.65. The van der Waals surface area contributed by atoms with Crippen molar-refractivity contribution in [2.24, 2.45) is 5.92 Å². The van der Waals surface area contributed by atoms with Crippen LogP contribution in [0.1, 0.15) is 48.6 Å². The first kappa shape index (κ1) is 19.6. The molecule has 3 aliphatic rings. The van der Waals surface area contributed by atoms with Crippen LogP contribution in [0.4, 0.5) is 0 Å². The van der Waals surface area contributed by atoms with Gasteiger partial charge < -0.3 is 24.3 Å². The second-order valence-corrected chi connectivity index (χ2v) is 8.72. The Morgan fingerprint density at radius 2 is 1.67 bits per heavy atom. The van der Waals surface area contributed by atoms with Crippen LogP contribution >= 0.6 is 0 Å². The number of nitrogens with one attached hydrogen (secondary N) is 1. The molecule has 0 bridgehead atoms. The van der Waals surface area contributed by atoms with Crippen molar-refractivity contribution in [2.45, 2.75) is 43.6 Å². The number of ether oxygens (including phenoxy) is 4. The molecule has 2 aromatic rings. The zero-order chi connectivity index (χ0) is 20.8. The van der Waals surface area contributed by atoms with Gasteiger partial charge in [-0.3, -0.25) is 0 Å². The summed E-state index contributed by atoms with van der Waals surface area (Å²) in [7, 11) is 6.82. The SMILES string of the molecule is COc1cc2c(cc1OC)[C@H]1CC(CC3CCCN3)C1c1ccc(OC)c(OC)c1-2. The molecule has 3 unspecified atom stereocenters. The van der Waals surface area contributed by atoms with Gasteiger partial charge in [0.1, 0.15) is 0 Å². The van der Waals surface area contributed by atoms with E-state index >= 15 is 0 Å². The first-order valence-electron chi connectivity index (χ1n) is 10.9. The van der Waals surface area contributed by atoms with E-state index in [0.717, 1.165) is 35.1 Å². The zero-order valence-electron chi connectivity index (χ0n) is 18.3. The van der Waals surface area contributed by atoms with Gasteiger partial charge in [0.2, 0.25) is 0 Å². The number of rotatable bonds is 6. The maximum absolute atomic E-state index is 5.89. The molecule has 1 saturated heterocycles. The van der Waals surface area contributed by atoms with Crippen LogP contribution in [0.2, 0.25) is 0 Å². The van der Waals surface area contributed by atoms with Gasteiger partial charge in [0, 0.05) is 11.6 Å². The highest BCUT2D eigenvalue weighted by Crippen LogP contribution is 2.64. The normalized spacial score (nSPS) is 26.1. The van der Waals surface area contributed by atoms with Crippen molar-refractivity contribution < 1.29 is 18.9 Å². The second-order valence-electron chi connectivity index (χ2n) is 8.72. The molecular weight excluding hydrogens is 378 g/mol. The van der Waals surface area contributed by atoms with E-state index in [4.69, 9.17) is 18.9 Å². The molecule has 0 aromatic heterocycles. The first-order chi connectivity index (χ1) is 14.7. The summed E-state index contributed by atoms with van der Waals surface area (Å²) in [6, 6.07) is 9.26. The molecule has 160 valence electrons. The predicted molar refractivity (Wildman–Crippen MR) is 117 cm³/mol. The lowest BCUT2D eigenvalue weighted by Crippen LogP contribution is -2.39. The molecule has 1 N–H and O–H groups in total. The number of fused-ring (bicyclic) bond motifs is 6. The molecule has 1 aliphatic heterocycles. The van der Waals surface area contributed by atoms with Gasteiger partial charge in [-0.05, 0) is 84.9 Å². The second kappa shape index (κ2) is 7.69. The van der Waals surface area contributed by atoms with Gasteiger partial charge in [0.15, 0.2) is 23.0 Å². The molecule has 5 rings (SSSR count). The standard InChI is InChI=1S/C25H31NO4/c1-27-20-8-7-16-23-14(10-15-6-5-9-26-15)11-18(23)17-12-21(28-2)22(29-3)13-19(17)24(16)25(20)30-4/h7-8,12-15,18,23,26H,5-6,9-11H2,1-4H3/t14?,15?,18-,23?/m1/s1. The van der Waals surface area contributed by atoms with E-state index in [1.807, 2.05) is 0 Å². The van der Waals surface area contributed by atoms with Gasteiger partial charge in [-0.2, -0.15) is 0 Å². The molecule has 5 nitrogen and oxygen atoms in total. The van der Waals surface area contributed by atoms with Gasteiger partial charge in [0.05, 0.1) is 28.4 Å². The van der Waals surface area contributed by atoms with Crippen molar-refractivity contribution in [2.75, 3.05) is 35.0 Å². The molecule has 5 heteroatoms. The fourth-order valence-electron chi connectivity index (χ4n) is 6.03. The average Bonchev–Trinajstić information content (AvgIpc) is 3.28. The molecule has 2 fully saturated rings. The van der Waals surface area contributed by atoms with Crippen molar-refractivity contribution in [1.82, 2.24) is 5.32 Å². The highest BCUT2D eigenvalue weighted by molar-refractivity contribution is 5.85. The van der Waals surface area contributed by atoms with E-state index in [2.05, 4.69) is 29.6 Å². The van der Waals surface area contributed by atoms with E-state index in [1.165, 1.54) is 42.4 Å². The molecular formula is C25H31NO4. The van der Waals surface area contributed by atoms with Gasteiger partial charge >= 0.3 is 0 Å². The summed E-state index contributed by atoms with van der Waals surface area (Å²) in [5.41, 5.74) is 5.05. The van der Waals surface area contributed by atoms with Crippen LogP contribution in [-0.4, -0.2) is 41.0 Å². The highest BCUT2D eigenvalue weighted by atomic mass is 16.5. The van der Waals surface area contributed by atoms with Crippen molar-refractivity contribution >= 4 is 0 Å². The van der Waals surface area contributed by atoms with Crippen LogP contribution in [-0.2, 0) is 0 Å². The summed E-state index contributed by atoms with van der Waals surface area (Å²) in [5.74, 6) is 4.82.